The lowest BCUT2D eigenvalue weighted by molar-refractivity contribution is -0.137. The van der Waals surface area contributed by atoms with Crippen LogP contribution in [-0.2, 0) is 45.9 Å². The van der Waals surface area contributed by atoms with Gasteiger partial charge in [0, 0.05) is 35.4 Å². The molecule has 1 aliphatic heterocycles. The Balaban J connectivity index is 1.54. The summed E-state index contributed by atoms with van der Waals surface area (Å²) in [7, 11) is -16.3. The summed E-state index contributed by atoms with van der Waals surface area (Å²) < 4.78 is 62.1. The molecule has 3 heterocycles. The van der Waals surface area contributed by atoms with E-state index in [0.29, 0.717) is 12.3 Å². The lowest BCUT2D eigenvalue weighted by Crippen LogP contribution is -2.46. The van der Waals surface area contributed by atoms with Crippen LogP contribution in [0.3, 0.4) is 0 Å². The number of nitrogens with zero attached hydrogens (tertiary/aromatic N) is 4. The van der Waals surface area contributed by atoms with Crippen molar-refractivity contribution >= 4 is 64.0 Å². The lowest BCUT2D eigenvalue weighted by Gasteiger charge is -2.30. The van der Waals surface area contributed by atoms with E-state index < -0.39 is 78.6 Å². The number of rotatable bonds is 19. The van der Waals surface area contributed by atoms with E-state index in [1.54, 1.807) is 11.8 Å². The zero-order chi connectivity index (χ0) is 39.3. The number of aromatic nitrogens is 4. The Bertz CT molecular complexity index is 1710. The first kappa shape index (κ1) is 44.3. The van der Waals surface area contributed by atoms with Gasteiger partial charge in [-0.25, -0.2) is 28.6 Å². The van der Waals surface area contributed by atoms with Crippen molar-refractivity contribution in [3.63, 3.8) is 0 Å². The topological polar surface area (TPSA) is 347 Å². The van der Waals surface area contributed by atoms with Crippen LogP contribution >= 0.6 is 35.2 Å². The number of aliphatic hydroxyl groups is 2. The number of amides is 2. The number of hydrogen-bond donors (Lipinski definition) is 9. The Hall–Kier alpha value is -2.11. The van der Waals surface area contributed by atoms with Crippen molar-refractivity contribution in [3.05, 3.63) is 12.7 Å². The zero-order valence-electron chi connectivity index (χ0n) is 28.7. The number of ether oxygens (including phenoxy) is 1. The number of hydrogen-bond acceptors (Lipinski definition) is 17. The minimum Gasteiger partial charge on any atom is -0.386 e. The van der Waals surface area contributed by atoms with Gasteiger partial charge in [0.05, 0.1) is 19.5 Å². The van der Waals surface area contributed by atoms with E-state index >= 15 is 0 Å². The molecule has 0 aromatic carbocycles. The van der Waals surface area contributed by atoms with Gasteiger partial charge in [-0.05, 0) is 0 Å². The van der Waals surface area contributed by atoms with Crippen LogP contribution in [0.2, 0.25) is 0 Å². The van der Waals surface area contributed by atoms with Crippen LogP contribution in [0.5, 0.6) is 0 Å². The molecule has 1 saturated heterocycles. The van der Waals surface area contributed by atoms with Gasteiger partial charge < -0.3 is 50.9 Å². The van der Waals surface area contributed by atoms with Gasteiger partial charge in [-0.1, -0.05) is 34.6 Å². The molecule has 7 atom stereocenters. The molecule has 27 heteroatoms. The standard InChI is InChI=1S/C25H44N7O16P3S/c1-24(2,3)52-9-8-27-15(33)6-7-28-22(36)19(35)25(4,5)11-45-51(42,43)48-50(40,41)44-10-14-18(47-49(37,38)39)17(34)23(46-14)32-13-31-16-20(26)29-12-30-21(16)32/h12-14,17-19,23,34-35H,6-11H2,1-5H3,(H,27,33)(H,28,36)(H,40,41)(H,42,43)(H2,26,29,30)(H2,37,38,39)/t14-,17+,18?,19?,23-/m1/s1. The molecule has 0 saturated carbocycles. The Morgan fingerprint density at radius 1 is 1.04 bits per heavy atom. The fourth-order valence-corrected chi connectivity index (χ4v) is 8.13. The van der Waals surface area contributed by atoms with Crippen LogP contribution in [0.25, 0.3) is 11.2 Å². The molecule has 1 fully saturated rings. The molecule has 52 heavy (non-hydrogen) atoms. The predicted molar refractivity (Wildman–Crippen MR) is 182 cm³/mol. The third kappa shape index (κ3) is 13.3. The fourth-order valence-electron chi connectivity index (χ4n) is 4.49. The first-order chi connectivity index (χ1) is 23.8. The van der Waals surface area contributed by atoms with Crippen molar-refractivity contribution in [3.8, 4) is 0 Å². The summed E-state index contributed by atoms with van der Waals surface area (Å²) in [6.45, 7) is 7.01. The van der Waals surface area contributed by atoms with Crippen LogP contribution in [-0.4, -0.2) is 122 Å². The van der Waals surface area contributed by atoms with Gasteiger partial charge >= 0.3 is 23.5 Å². The maximum atomic E-state index is 12.6. The highest BCUT2D eigenvalue weighted by molar-refractivity contribution is 8.00. The molecular formula is C25H44N7O16P3S. The number of thioether (sulfide) groups is 1. The summed E-state index contributed by atoms with van der Waals surface area (Å²) in [5, 5.41) is 26.5. The highest BCUT2D eigenvalue weighted by Crippen LogP contribution is 2.61. The van der Waals surface area contributed by atoms with Crippen LogP contribution in [0, 0.1) is 5.41 Å². The number of carbonyl (C=O) groups is 2. The molecule has 10 N–H and O–H groups in total. The fraction of sp³-hybridized carbons (Fsp3) is 0.720. The third-order valence-corrected chi connectivity index (χ3v) is 11.4. The predicted octanol–water partition coefficient (Wildman–Crippen LogP) is -0.0634. The Kier molecular flexibility index (Phi) is 15.0. The molecule has 2 amide bonds. The van der Waals surface area contributed by atoms with Crippen LogP contribution in [0.4, 0.5) is 5.82 Å². The second-order valence-electron chi connectivity index (χ2n) is 13.0. The highest BCUT2D eigenvalue weighted by atomic mass is 32.2. The number of fused-ring (bicyclic) bond motifs is 1. The van der Waals surface area contributed by atoms with Gasteiger partial charge in [-0.2, -0.15) is 16.1 Å². The molecule has 4 unspecified atom stereocenters. The first-order valence-corrected chi connectivity index (χ1v) is 20.8. The van der Waals surface area contributed by atoms with E-state index in [4.69, 9.17) is 19.5 Å². The number of anilines is 1. The summed E-state index contributed by atoms with van der Waals surface area (Å²) >= 11 is 1.67. The van der Waals surface area contributed by atoms with Gasteiger partial charge in [-0.3, -0.25) is 27.7 Å². The van der Waals surface area contributed by atoms with Crippen molar-refractivity contribution in [2.24, 2.45) is 5.41 Å². The molecular weight excluding hydrogens is 779 g/mol. The summed E-state index contributed by atoms with van der Waals surface area (Å²) in [6.07, 6.45) is -6.71. The molecule has 1 aliphatic rings. The van der Waals surface area contributed by atoms with E-state index in [-0.39, 0.29) is 40.6 Å². The summed E-state index contributed by atoms with van der Waals surface area (Å²) in [5.41, 5.74) is 4.31. The normalized spacial score (nSPS) is 22.8. The second-order valence-corrected chi connectivity index (χ2v) is 19.2. The Labute approximate surface area is 301 Å². The summed E-state index contributed by atoms with van der Waals surface area (Å²) in [6, 6.07) is 0. The zero-order valence-corrected chi connectivity index (χ0v) is 32.2. The van der Waals surface area contributed by atoms with E-state index in [9.17, 15) is 53.1 Å². The van der Waals surface area contributed by atoms with Gasteiger partial charge in [-0.15, -0.1) is 0 Å². The average molecular weight is 824 g/mol. The molecule has 0 radical (unpaired) electrons. The van der Waals surface area contributed by atoms with Crippen molar-refractivity contribution < 1.29 is 75.7 Å². The Morgan fingerprint density at radius 3 is 2.33 bits per heavy atom. The maximum Gasteiger partial charge on any atom is 0.481 e. The van der Waals surface area contributed by atoms with Crippen molar-refractivity contribution in [1.29, 1.82) is 0 Å². The number of nitrogen functional groups attached to an aromatic ring is 1. The minimum atomic E-state index is -5.54. The monoisotopic (exact) mass is 823 g/mol. The largest absolute Gasteiger partial charge is 0.481 e. The molecule has 296 valence electrons. The van der Waals surface area contributed by atoms with E-state index in [1.165, 1.54) is 13.8 Å². The number of carbonyl (C=O) groups excluding carboxylic acids is 2. The second kappa shape index (κ2) is 17.6. The number of phosphoric ester groups is 3. The SMILES string of the molecule is CC(C)(C)SCCNC(=O)CCNC(=O)C(O)C(C)(C)COP(=O)(O)OP(=O)(O)OC[C@H]1O[C@@H](n2cnc3c(N)ncnc32)[C@@H](O)C1OP(=O)(O)O. The van der Waals surface area contributed by atoms with Gasteiger partial charge in [0.15, 0.2) is 17.7 Å². The number of aliphatic hydroxyl groups excluding tert-OH is 2. The minimum absolute atomic E-state index is 0.0348. The van der Waals surface area contributed by atoms with E-state index in [1.807, 2.05) is 20.8 Å². The number of imidazole rings is 1. The smallest absolute Gasteiger partial charge is 0.386 e. The van der Waals surface area contributed by atoms with Crippen molar-refractivity contribution in [2.45, 2.75) is 76.4 Å². The van der Waals surface area contributed by atoms with Crippen molar-refractivity contribution in [2.75, 3.05) is 37.8 Å². The summed E-state index contributed by atoms with van der Waals surface area (Å²) in [4.78, 5) is 75.4. The van der Waals surface area contributed by atoms with E-state index in [2.05, 4.69) is 34.4 Å². The summed E-state index contributed by atoms with van der Waals surface area (Å²) in [5.74, 6) is -0.601. The highest BCUT2D eigenvalue weighted by Gasteiger charge is 2.50. The molecule has 3 rings (SSSR count). The van der Waals surface area contributed by atoms with Crippen LogP contribution in [0.1, 0.15) is 47.3 Å². The quantitative estimate of drug-likeness (QED) is 0.0661. The molecule has 0 spiro atoms. The van der Waals surface area contributed by atoms with Gasteiger partial charge in [0.25, 0.3) is 0 Å². The molecule has 0 bridgehead atoms. The molecule has 2 aromatic rings. The third-order valence-electron chi connectivity index (χ3n) is 7.04. The van der Waals surface area contributed by atoms with Gasteiger partial charge in [0.2, 0.25) is 11.8 Å². The van der Waals surface area contributed by atoms with E-state index in [0.717, 1.165) is 17.2 Å². The number of phosphoric acid groups is 3. The molecule has 0 aliphatic carbocycles. The average Bonchev–Trinajstić information content (AvgIpc) is 3.56. The maximum absolute atomic E-state index is 12.6. The van der Waals surface area contributed by atoms with Gasteiger partial charge in [0.1, 0.15) is 36.3 Å². The molecule has 23 nitrogen and oxygen atoms in total. The van der Waals surface area contributed by atoms with Crippen molar-refractivity contribution in [1.82, 2.24) is 30.2 Å². The number of nitrogens with one attached hydrogen (secondary N) is 2. The first-order valence-electron chi connectivity index (χ1n) is 15.3. The molecule has 2 aromatic heterocycles. The van der Waals surface area contributed by atoms with Crippen LogP contribution in [0.15, 0.2) is 12.7 Å². The lowest BCUT2D eigenvalue weighted by atomic mass is 9.87. The van der Waals surface area contributed by atoms with Crippen LogP contribution < -0.4 is 16.4 Å². The Morgan fingerprint density at radius 2 is 1.69 bits per heavy atom. The number of nitrogens with two attached hydrogens (primary N) is 1.